The number of halogens is 3. The number of hydrogen-bond acceptors (Lipinski definition) is 1. The fraction of sp³-hybridized carbons (Fsp3) is 0.400. The third kappa shape index (κ3) is 2.43. The van der Waals surface area contributed by atoms with Crippen LogP contribution in [0.4, 0.5) is 0 Å². The van der Waals surface area contributed by atoms with Crippen molar-refractivity contribution >= 4 is 39.9 Å². The van der Waals surface area contributed by atoms with Gasteiger partial charge in [0.15, 0.2) is 0 Å². The van der Waals surface area contributed by atoms with Gasteiger partial charge in [-0.15, -0.1) is 12.4 Å². The van der Waals surface area contributed by atoms with Crippen molar-refractivity contribution in [3.63, 3.8) is 0 Å². The molecule has 0 aliphatic carbocycles. The maximum atomic E-state index is 6.03. The highest BCUT2D eigenvalue weighted by Crippen LogP contribution is 2.30. The lowest BCUT2D eigenvalue weighted by atomic mass is 10.0. The molecule has 0 amide bonds. The molecule has 1 N–H and O–H groups in total. The second kappa shape index (κ2) is 5.36. The molecule has 0 saturated heterocycles. The highest BCUT2D eigenvalue weighted by molar-refractivity contribution is 9.10. The van der Waals surface area contributed by atoms with E-state index in [4.69, 9.17) is 11.6 Å². The van der Waals surface area contributed by atoms with Gasteiger partial charge in [0.2, 0.25) is 0 Å². The van der Waals surface area contributed by atoms with Gasteiger partial charge in [0.05, 0.1) is 5.02 Å². The van der Waals surface area contributed by atoms with E-state index in [1.54, 1.807) is 0 Å². The van der Waals surface area contributed by atoms with E-state index >= 15 is 0 Å². The number of hydrogen-bond donors (Lipinski definition) is 1. The highest BCUT2D eigenvalue weighted by Gasteiger charge is 2.12. The Labute approximate surface area is 104 Å². The average Bonchev–Trinajstić information content (AvgIpc) is 2.36. The van der Waals surface area contributed by atoms with Gasteiger partial charge in [-0.1, -0.05) is 17.7 Å². The number of nitrogens with one attached hydrogen (secondary N) is 1. The molecule has 1 nitrogen and oxygen atoms in total. The Kier molecular flexibility index (Phi) is 4.71. The van der Waals surface area contributed by atoms with Gasteiger partial charge in [0.25, 0.3) is 0 Å². The van der Waals surface area contributed by atoms with E-state index in [2.05, 4.69) is 27.3 Å². The van der Waals surface area contributed by atoms with E-state index in [0.29, 0.717) is 0 Å². The fourth-order valence-corrected chi connectivity index (χ4v) is 2.46. The lowest BCUT2D eigenvalue weighted by molar-refractivity contribution is 0.710. The van der Waals surface area contributed by atoms with E-state index in [9.17, 15) is 0 Å². The molecule has 0 fully saturated rings. The van der Waals surface area contributed by atoms with Crippen molar-refractivity contribution in [2.24, 2.45) is 0 Å². The summed E-state index contributed by atoms with van der Waals surface area (Å²) >= 11 is 9.57. The molecule has 0 unspecified atom stereocenters. The van der Waals surface area contributed by atoms with Gasteiger partial charge in [-0.3, -0.25) is 0 Å². The van der Waals surface area contributed by atoms with Crippen LogP contribution in [0.1, 0.15) is 11.1 Å². The molecule has 1 aliphatic rings. The fourth-order valence-electron chi connectivity index (χ4n) is 1.70. The van der Waals surface area contributed by atoms with Crippen molar-refractivity contribution < 1.29 is 0 Å². The summed E-state index contributed by atoms with van der Waals surface area (Å²) in [6, 6.07) is 4.10. The van der Waals surface area contributed by atoms with Gasteiger partial charge in [-0.2, -0.15) is 0 Å². The molecule has 2 rings (SSSR count). The topological polar surface area (TPSA) is 12.0 Å². The van der Waals surface area contributed by atoms with Crippen molar-refractivity contribution in [1.82, 2.24) is 5.32 Å². The predicted octanol–water partition coefficient (Wildman–Crippen LogP) is 3.21. The zero-order valence-corrected chi connectivity index (χ0v) is 10.8. The van der Waals surface area contributed by atoms with Crippen molar-refractivity contribution in [3.05, 3.63) is 32.8 Å². The minimum atomic E-state index is 0. The van der Waals surface area contributed by atoms with Crippen molar-refractivity contribution in [3.8, 4) is 0 Å². The third-order valence-corrected chi connectivity index (χ3v) is 3.87. The number of benzene rings is 1. The Morgan fingerprint density at radius 3 is 2.71 bits per heavy atom. The standard InChI is InChI=1S/C10H11BrClN.ClH/c11-10-8-4-6-13-5-3-7(8)1-2-9(10)12;/h1-2,13H,3-6H2;1H. The molecular formula is C10H12BrCl2N. The molecule has 1 aliphatic heterocycles. The van der Waals surface area contributed by atoms with E-state index in [1.807, 2.05) is 6.07 Å². The van der Waals surface area contributed by atoms with Crippen LogP contribution in [0.15, 0.2) is 16.6 Å². The Balaban J connectivity index is 0.000000980. The average molecular weight is 297 g/mol. The summed E-state index contributed by atoms with van der Waals surface area (Å²) in [4.78, 5) is 0. The Bertz CT molecular complexity index is 328. The van der Waals surface area contributed by atoms with Crippen LogP contribution < -0.4 is 5.32 Å². The first-order chi connectivity index (χ1) is 6.29. The van der Waals surface area contributed by atoms with Gasteiger partial charge in [0, 0.05) is 4.47 Å². The molecule has 0 aromatic heterocycles. The zero-order valence-electron chi connectivity index (χ0n) is 7.65. The molecule has 0 saturated carbocycles. The summed E-state index contributed by atoms with van der Waals surface area (Å²) in [5, 5.41) is 4.20. The first-order valence-corrected chi connectivity index (χ1v) is 5.62. The van der Waals surface area contributed by atoms with Crippen LogP contribution in [0.25, 0.3) is 0 Å². The lowest BCUT2D eigenvalue weighted by Gasteiger charge is -2.08. The maximum Gasteiger partial charge on any atom is 0.0551 e. The van der Waals surface area contributed by atoms with Gasteiger partial charge in [-0.25, -0.2) is 0 Å². The Hall–Kier alpha value is 0.240. The molecule has 0 bridgehead atoms. The van der Waals surface area contributed by atoms with Gasteiger partial charge < -0.3 is 5.32 Å². The van der Waals surface area contributed by atoms with Crippen LogP contribution in [0.5, 0.6) is 0 Å². The predicted molar refractivity (Wildman–Crippen MR) is 66.7 cm³/mol. The van der Waals surface area contributed by atoms with Crippen molar-refractivity contribution in [2.45, 2.75) is 12.8 Å². The molecule has 78 valence electrons. The minimum Gasteiger partial charge on any atom is -0.316 e. The molecule has 0 radical (unpaired) electrons. The molecule has 14 heavy (non-hydrogen) atoms. The lowest BCUT2D eigenvalue weighted by Crippen LogP contribution is -2.16. The normalized spacial score (nSPS) is 15.3. The zero-order chi connectivity index (χ0) is 9.26. The molecule has 4 heteroatoms. The van der Waals surface area contributed by atoms with Crippen molar-refractivity contribution in [2.75, 3.05) is 13.1 Å². The van der Waals surface area contributed by atoms with Crippen LogP contribution in [0, 0.1) is 0 Å². The molecular weight excluding hydrogens is 285 g/mol. The van der Waals surface area contributed by atoms with Crippen LogP contribution in [-0.2, 0) is 12.8 Å². The largest absolute Gasteiger partial charge is 0.316 e. The Morgan fingerprint density at radius 2 is 1.93 bits per heavy atom. The first-order valence-electron chi connectivity index (χ1n) is 4.45. The van der Waals surface area contributed by atoms with E-state index in [1.165, 1.54) is 11.1 Å². The third-order valence-electron chi connectivity index (χ3n) is 2.42. The van der Waals surface area contributed by atoms with E-state index in [-0.39, 0.29) is 12.4 Å². The van der Waals surface area contributed by atoms with Crippen LogP contribution >= 0.6 is 39.9 Å². The first kappa shape index (κ1) is 12.3. The quantitative estimate of drug-likeness (QED) is 0.775. The van der Waals surface area contributed by atoms with Gasteiger partial charge in [0.1, 0.15) is 0 Å². The van der Waals surface area contributed by atoms with Crippen LogP contribution in [-0.4, -0.2) is 13.1 Å². The van der Waals surface area contributed by atoms with Crippen molar-refractivity contribution in [1.29, 1.82) is 0 Å². The second-order valence-corrected chi connectivity index (χ2v) is 4.45. The highest BCUT2D eigenvalue weighted by atomic mass is 79.9. The molecule has 1 heterocycles. The number of fused-ring (bicyclic) bond motifs is 1. The smallest absolute Gasteiger partial charge is 0.0551 e. The summed E-state index contributed by atoms with van der Waals surface area (Å²) < 4.78 is 1.08. The maximum absolute atomic E-state index is 6.03. The van der Waals surface area contributed by atoms with Crippen LogP contribution in [0.2, 0.25) is 5.02 Å². The molecule has 1 aromatic carbocycles. The molecule has 1 aromatic rings. The molecule has 0 spiro atoms. The second-order valence-electron chi connectivity index (χ2n) is 3.25. The summed E-state index contributed by atoms with van der Waals surface area (Å²) in [5.41, 5.74) is 2.79. The summed E-state index contributed by atoms with van der Waals surface area (Å²) in [7, 11) is 0. The van der Waals surface area contributed by atoms with Crippen LogP contribution in [0.3, 0.4) is 0 Å². The van der Waals surface area contributed by atoms with E-state index < -0.39 is 0 Å². The monoisotopic (exact) mass is 295 g/mol. The SMILES string of the molecule is Cl.Clc1ccc2c(c1Br)CCNCC2. The van der Waals surface area contributed by atoms with Gasteiger partial charge >= 0.3 is 0 Å². The van der Waals surface area contributed by atoms with Gasteiger partial charge in [-0.05, 0) is 59.1 Å². The summed E-state index contributed by atoms with van der Waals surface area (Å²) in [5.74, 6) is 0. The minimum absolute atomic E-state index is 0. The molecule has 0 atom stereocenters. The van der Waals surface area contributed by atoms with E-state index in [0.717, 1.165) is 35.4 Å². The number of rotatable bonds is 0. The Morgan fingerprint density at radius 1 is 1.21 bits per heavy atom. The summed E-state index contributed by atoms with van der Waals surface area (Å²) in [6.45, 7) is 2.12. The summed E-state index contributed by atoms with van der Waals surface area (Å²) in [6.07, 6.45) is 2.17.